The molecule has 2 aromatic carbocycles. The van der Waals surface area contributed by atoms with E-state index in [2.05, 4.69) is 5.32 Å². The maximum Gasteiger partial charge on any atom is 0.261 e. The molecule has 1 aliphatic heterocycles. The molecular weight excluding hydrogens is 292 g/mol. The maximum atomic E-state index is 12.3. The van der Waals surface area contributed by atoms with Crippen molar-refractivity contribution in [3.8, 4) is 0 Å². The Bertz CT molecular complexity index is 746. The Morgan fingerprint density at radius 1 is 0.957 bits per heavy atom. The number of nitrogens with one attached hydrogen (secondary N) is 1. The Morgan fingerprint density at radius 3 is 2.04 bits per heavy atom. The lowest BCUT2D eigenvalue weighted by atomic mass is 10.1. The summed E-state index contributed by atoms with van der Waals surface area (Å²) in [6.45, 7) is 2.62. The average molecular weight is 308 g/mol. The number of hydrogen-bond acceptors (Lipinski definition) is 3. The van der Waals surface area contributed by atoms with Gasteiger partial charge in [-0.05, 0) is 36.8 Å². The van der Waals surface area contributed by atoms with Gasteiger partial charge >= 0.3 is 0 Å². The molecule has 0 saturated heterocycles. The van der Waals surface area contributed by atoms with Gasteiger partial charge < -0.3 is 5.32 Å². The molecule has 1 N–H and O–H groups in total. The number of carbonyl (C=O) groups is 3. The predicted molar refractivity (Wildman–Crippen MR) is 85.1 cm³/mol. The summed E-state index contributed by atoms with van der Waals surface area (Å²) in [5.74, 6) is -0.698. The summed E-state index contributed by atoms with van der Waals surface area (Å²) in [7, 11) is 0. The Kier molecular flexibility index (Phi) is 3.93. The van der Waals surface area contributed by atoms with Crippen molar-refractivity contribution in [2.45, 2.75) is 13.5 Å². The van der Waals surface area contributed by atoms with E-state index in [1.165, 1.54) is 4.90 Å². The van der Waals surface area contributed by atoms with Gasteiger partial charge in [-0.2, -0.15) is 0 Å². The van der Waals surface area contributed by atoms with E-state index in [9.17, 15) is 14.4 Å². The molecule has 0 fully saturated rings. The molecule has 0 aliphatic carbocycles. The van der Waals surface area contributed by atoms with Crippen LogP contribution in [0.4, 0.5) is 0 Å². The van der Waals surface area contributed by atoms with E-state index in [1.807, 2.05) is 6.92 Å². The zero-order chi connectivity index (χ0) is 16.4. The molecule has 0 aromatic heterocycles. The molecule has 0 unspecified atom stereocenters. The number of hydrogen-bond donors (Lipinski definition) is 1. The SMILES string of the molecule is CCNC(=O)c1ccc(CN2C(=O)c3ccccc3C2=O)cc1. The number of imide groups is 1. The van der Waals surface area contributed by atoms with Crippen molar-refractivity contribution in [2.75, 3.05) is 6.54 Å². The van der Waals surface area contributed by atoms with Gasteiger partial charge in [0.25, 0.3) is 17.7 Å². The van der Waals surface area contributed by atoms with Crippen molar-refractivity contribution in [2.24, 2.45) is 0 Å². The van der Waals surface area contributed by atoms with Gasteiger partial charge in [0.05, 0.1) is 17.7 Å². The molecule has 0 saturated carbocycles. The summed E-state index contributed by atoms with van der Waals surface area (Å²) >= 11 is 0. The van der Waals surface area contributed by atoms with E-state index < -0.39 is 0 Å². The van der Waals surface area contributed by atoms with Gasteiger partial charge in [0, 0.05) is 12.1 Å². The molecule has 0 atom stereocenters. The lowest BCUT2D eigenvalue weighted by Gasteiger charge is -2.14. The lowest BCUT2D eigenvalue weighted by Crippen LogP contribution is -2.29. The first-order valence-corrected chi connectivity index (χ1v) is 7.44. The van der Waals surface area contributed by atoms with Gasteiger partial charge in [0.15, 0.2) is 0 Å². The summed E-state index contributed by atoms with van der Waals surface area (Å²) in [5, 5.41) is 2.72. The van der Waals surface area contributed by atoms with E-state index in [0.29, 0.717) is 23.2 Å². The monoisotopic (exact) mass is 308 g/mol. The first kappa shape index (κ1) is 15.0. The number of nitrogens with zero attached hydrogens (tertiary/aromatic N) is 1. The lowest BCUT2D eigenvalue weighted by molar-refractivity contribution is 0.0642. The Morgan fingerprint density at radius 2 is 1.52 bits per heavy atom. The summed E-state index contributed by atoms with van der Waals surface area (Å²) < 4.78 is 0. The summed E-state index contributed by atoms with van der Waals surface area (Å²) in [4.78, 5) is 37.6. The van der Waals surface area contributed by atoms with Crippen molar-refractivity contribution < 1.29 is 14.4 Å². The standard InChI is InChI=1S/C18H16N2O3/c1-2-19-16(21)13-9-7-12(8-10-13)11-20-17(22)14-5-3-4-6-15(14)18(20)23/h3-10H,2,11H2,1H3,(H,19,21). The largest absolute Gasteiger partial charge is 0.352 e. The smallest absolute Gasteiger partial charge is 0.261 e. The summed E-state index contributed by atoms with van der Waals surface area (Å²) in [5.41, 5.74) is 2.23. The second-order valence-corrected chi connectivity index (χ2v) is 5.30. The highest BCUT2D eigenvalue weighted by molar-refractivity contribution is 6.21. The Hall–Kier alpha value is -2.95. The van der Waals surface area contributed by atoms with Crippen molar-refractivity contribution in [1.29, 1.82) is 0 Å². The number of amides is 3. The van der Waals surface area contributed by atoms with Crippen LogP contribution in [0.1, 0.15) is 43.6 Å². The van der Waals surface area contributed by atoms with Crippen molar-refractivity contribution in [3.63, 3.8) is 0 Å². The fourth-order valence-electron chi connectivity index (χ4n) is 2.59. The average Bonchev–Trinajstić information content (AvgIpc) is 2.81. The Balaban J connectivity index is 1.77. The van der Waals surface area contributed by atoms with Gasteiger partial charge in [-0.1, -0.05) is 24.3 Å². The molecule has 3 amide bonds. The van der Waals surface area contributed by atoms with Crippen molar-refractivity contribution in [3.05, 3.63) is 70.8 Å². The van der Waals surface area contributed by atoms with Crippen LogP contribution in [0.25, 0.3) is 0 Å². The first-order chi connectivity index (χ1) is 11.1. The predicted octanol–water partition coefficient (Wildman–Crippen LogP) is 2.23. The van der Waals surface area contributed by atoms with Crippen LogP contribution in [0, 0.1) is 0 Å². The van der Waals surface area contributed by atoms with Crippen molar-refractivity contribution >= 4 is 17.7 Å². The number of carbonyl (C=O) groups excluding carboxylic acids is 3. The highest BCUT2D eigenvalue weighted by Crippen LogP contribution is 2.24. The van der Waals surface area contributed by atoms with E-state index in [-0.39, 0.29) is 24.3 Å². The highest BCUT2D eigenvalue weighted by atomic mass is 16.2. The van der Waals surface area contributed by atoms with Crippen LogP contribution in [0.5, 0.6) is 0 Å². The summed E-state index contributed by atoms with van der Waals surface area (Å²) in [6.07, 6.45) is 0. The Labute approximate surface area is 133 Å². The van der Waals surface area contributed by atoms with Crippen LogP contribution < -0.4 is 5.32 Å². The normalized spacial score (nSPS) is 13.2. The van der Waals surface area contributed by atoms with Gasteiger partial charge in [-0.15, -0.1) is 0 Å². The first-order valence-electron chi connectivity index (χ1n) is 7.44. The minimum atomic E-state index is -0.279. The quantitative estimate of drug-likeness (QED) is 0.881. The third-order valence-corrected chi connectivity index (χ3v) is 3.77. The molecule has 1 heterocycles. The number of fused-ring (bicyclic) bond motifs is 1. The zero-order valence-corrected chi connectivity index (χ0v) is 12.7. The molecule has 0 radical (unpaired) electrons. The van der Waals surface area contributed by atoms with E-state index in [4.69, 9.17) is 0 Å². The van der Waals surface area contributed by atoms with Crippen LogP contribution in [0.3, 0.4) is 0 Å². The third-order valence-electron chi connectivity index (χ3n) is 3.77. The third kappa shape index (κ3) is 2.73. The minimum absolute atomic E-state index is 0.139. The molecule has 3 rings (SSSR count). The molecule has 116 valence electrons. The van der Waals surface area contributed by atoms with Crippen molar-refractivity contribution in [1.82, 2.24) is 10.2 Å². The fourth-order valence-corrected chi connectivity index (χ4v) is 2.59. The zero-order valence-electron chi connectivity index (χ0n) is 12.7. The van der Waals surface area contributed by atoms with Gasteiger partial charge in [0.1, 0.15) is 0 Å². The number of rotatable bonds is 4. The number of benzene rings is 2. The van der Waals surface area contributed by atoms with Crippen LogP contribution >= 0.6 is 0 Å². The molecule has 2 aromatic rings. The molecule has 1 aliphatic rings. The highest BCUT2D eigenvalue weighted by Gasteiger charge is 2.34. The second-order valence-electron chi connectivity index (χ2n) is 5.30. The molecule has 23 heavy (non-hydrogen) atoms. The van der Waals surface area contributed by atoms with Crippen LogP contribution in [-0.2, 0) is 6.54 Å². The second kappa shape index (κ2) is 6.04. The molecule has 5 heteroatoms. The van der Waals surface area contributed by atoms with Gasteiger partial charge in [-0.25, -0.2) is 0 Å². The maximum absolute atomic E-state index is 12.3. The van der Waals surface area contributed by atoms with E-state index in [1.54, 1.807) is 48.5 Å². The van der Waals surface area contributed by atoms with Crippen LogP contribution in [0.2, 0.25) is 0 Å². The molecule has 0 bridgehead atoms. The van der Waals surface area contributed by atoms with Crippen LogP contribution in [0.15, 0.2) is 48.5 Å². The van der Waals surface area contributed by atoms with E-state index >= 15 is 0 Å². The minimum Gasteiger partial charge on any atom is -0.352 e. The fraction of sp³-hybridized carbons (Fsp3) is 0.167. The van der Waals surface area contributed by atoms with Gasteiger partial charge in [-0.3, -0.25) is 19.3 Å². The molecule has 5 nitrogen and oxygen atoms in total. The van der Waals surface area contributed by atoms with E-state index in [0.717, 1.165) is 5.56 Å². The summed E-state index contributed by atoms with van der Waals surface area (Å²) in [6, 6.07) is 13.7. The van der Waals surface area contributed by atoms with Crippen LogP contribution in [-0.4, -0.2) is 29.2 Å². The molecular formula is C18H16N2O3. The molecule has 0 spiro atoms. The van der Waals surface area contributed by atoms with Gasteiger partial charge in [0.2, 0.25) is 0 Å². The topological polar surface area (TPSA) is 66.5 Å².